The second-order valence-electron chi connectivity index (χ2n) is 2.18. The van der Waals surface area contributed by atoms with Gasteiger partial charge < -0.3 is 5.73 Å². The fourth-order valence-corrected chi connectivity index (χ4v) is 1.45. The van der Waals surface area contributed by atoms with E-state index in [0.29, 0.717) is 5.56 Å². The molecular weight excluding hydrogens is 142 g/mol. The van der Waals surface area contributed by atoms with Crippen LogP contribution < -0.4 is 10.9 Å². The largest absolute Gasteiger partial charge is 0.366 e. The normalized spacial score (nSPS) is 9.60. The van der Waals surface area contributed by atoms with Crippen LogP contribution in [0.2, 0.25) is 0 Å². The molecule has 52 valence electrons. The van der Waals surface area contributed by atoms with Gasteiger partial charge >= 0.3 is 0 Å². The Balaban J connectivity index is 3.15. The predicted molar refractivity (Wildman–Crippen MR) is 44.5 cm³/mol. The fraction of sp³-hybridized carbons (Fsp3) is 0. The van der Waals surface area contributed by atoms with E-state index in [1.165, 1.54) is 0 Å². The quantitative estimate of drug-likeness (QED) is 0.502. The van der Waals surface area contributed by atoms with Gasteiger partial charge in [-0.2, -0.15) is 0 Å². The summed E-state index contributed by atoms with van der Waals surface area (Å²) in [5.41, 5.74) is 5.76. The van der Waals surface area contributed by atoms with Crippen LogP contribution in [0.25, 0.3) is 0 Å². The number of carbonyl (C=O) groups excluding carboxylic acids is 1. The van der Waals surface area contributed by atoms with Crippen molar-refractivity contribution >= 4 is 21.3 Å². The first-order valence-electron chi connectivity index (χ1n) is 3.07. The summed E-state index contributed by atoms with van der Waals surface area (Å²) in [6.45, 7) is 0. The Labute approximate surface area is 62.5 Å². The van der Waals surface area contributed by atoms with Crippen molar-refractivity contribution in [3.63, 3.8) is 0 Å². The van der Waals surface area contributed by atoms with Crippen LogP contribution in [0.3, 0.4) is 0 Å². The second kappa shape index (κ2) is 2.66. The van der Waals surface area contributed by atoms with Crippen LogP contribution >= 0.6 is 0 Å². The molecule has 0 saturated carbocycles. The molecule has 1 rings (SSSR count). The molecule has 1 amide bonds. The van der Waals surface area contributed by atoms with Crippen molar-refractivity contribution in [1.82, 2.24) is 0 Å². The number of benzene rings is 1. The molecule has 2 N–H and O–H groups in total. The molecule has 0 saturated heterocycles. The molecule has 1 aromatic carbocycles. The van der Waals surface area contributed by atoms with Crippen LogP contribution in [-0.4, -0.2) is 16.1 Å². The summed E-state index contributed by atoms with van der Waals surface area (Å²) in [6, 6.07) is 7.41. The SMILES string of the molecule is NC(=O)c1ccccc1[SiH3]. The van der Waals surface area contributed by atoms with Crippen LogP contribution in [0.5, 0.6) is 0 Å². The highest BCUT2D eigenvalue weighted by molar-refractivity contribution is 6.36. The minimum Gasteiger partial charge on any atom is -0.366 e. The van der Waals surface area contributed by atoms with E-state index in [-0.39, 0.29) is 5.91 Å². The molecule has 0 unspecified atom stereocenters. The average molecular weight is 151 g/mol. The van der Waals surface area contributed by atoms with E-state index in [9.17, 15) is 4.79 Å². The van der Waals surface area contributed by atoms with E-state index >= 15 is 0 Å². The summed E-state index contributed by atoms with van der Waals surface area (Å²) < 4.78 is 0. The van der Waals surface area contributed by atoms with E-state index < -0.39 is 0 Å². The van der Waals surface area contributed by atoms with Gasteiger partial charge in [0.15, 0.2) is 0 Å². The molecule has 0 bridgehead atoms. The lowest BCUT2D eigenvalue weighted by Crippen LogP contribution is -2.21. The minimum absolute atomic E-state index is 0.328. The van der Waals surface area contributed by atoms with Crippen molar-refractivity contribution in [3.8, 4) is 0 Å². The second-order valence-corrected chi connectivity index (χ2v) is 3.26. The summed E-state index contributed by atoms with van der Waals surface area (Å²) in [7, 11) is 0.872. The van der Waals surface area contributed by atoms with Gasteiger partial charge in [-0.05, 0) is 6.07 Å². The first kappa shape index (κ1) is 7.02. The van der Waals surface area contributed by atoms with Gasteiger partial charge in [-0.25, -0.2) is 0 Å². The molecule has 1 aromatic rings. The summed E-state index contributed by atoms with van der Waals surface area (Å²) in [5.74, 6) is -0.328. The summed E-state index contributed by atoms with van der Waals surface area (Å²) in [6.07, 6.45) is 0. The fourth-order valence-electron chi connectivity index (χ4n) is 0.849. The Hall–Kier alpha value is -1.09. The molecule has 0 heterocycles. The standard InChI is InChI=1S/C7H9NOSi/c8-7(9)5-3-1-2-4-6(5)10/h1-4H,10H3,(H2,8,9). The Bertz CT molecular complexity index is 260. The molecule has 2 nitrogen and oxygen atoms in total. The van der Waals surface area contributed by atoms with E-state index in [1.54, 1.807) is 6.07 Å². The van der Waals surface area contributed by atoms with Gasteiger partial charge in [0, 0.05) is 15.8 Å². The molecule has 0 spiro atoms. The highest BCUT2D eigenvalue weighted by Crippen LogP contribution is 1.91. The number of primary amides is 1. The number of carbonyl (C=O) groups is 1. The number of amides is 1. The van der Waals surface area contributed by atoms with Crippen molar-refractivity contribution in [3.05, 3.63) is 29.8 Å². The lowest BCUT2D eigenvalue weighted by molar-refractivity contribution is 0.100. The Morgan fingerprint density at radius 2 is 2.00 bits per heavy atom. The third kappa shape index (κ3) is 1.25. The van der Waals surface area contributed by atoms with Crippen LogP contribution in [0.15, 0.2) is 24.3 Å². The van der Waals surface area contributed by atoms with Crippen LogP contribution in [0.1, 0.15) is 10.4 Å². The smallest absolute Gasteiger partial charge is 0.248 e. The maximum Gasteiger partial charge on any atom is 0.248 e. The Kier molecular flexibility index (Phi) is 1.87. The molecule has 0 radical (unpaired) electrons. The van der Waals surface area contributed by atoms with Crippen molar-refractivity contribution in [2.75, 3.05) is 0 Å². The lowest BCUT2D eigenvalue weighted by atomic mass is 10.2. The van der Waals surface area contributed by atoms with Crippen molar-refractivity contribution < 1.29 is 4.79 Å². The Morgan fingerprint density at radius 3 is 2.40 bits per heavy atom. The highest BCUT2D eigenvalue weighted by atomic mass is 28.1. The number of rotatable bonds is 1. The van der Waals surface area contributed by atoms with Gasteiger partial charge in [-0.15, -0.1) is 0 Å². The summed E-state index contributed by atoms with van der Waals surface area (Å²) >= 11 is 0. The predicted octanol–water partition coefficient (Wildman–Crippen LogP) is -1.22. The van der Waals surface area contributed by atoms with Gasteiger partial charge in [0.05, 0.1) is 0 Å². The van der Waals surface area contributed by atoms with Crippen molar-refractivity contribution in [2.24, 2.45) is 5.73 Å². The number of hydrogen-bond acceptors (Lipinski definition) is 1. The molecule has 3 heteroatoms. The molecule has 0 aliphatic carbocycles. The Morgan fingerprint density at radius 1 is 1.40 bits per heavy atom. The van der Waals surface area contributed by atoms with Crippen LogP contribution in [0, 0.1) is 0 Å². The topological polar surface area (TPSA) is 43.1 Å². The first-order valence-corrected chi connectivity index (χ1v) is 4.07. The third-order valence-corrected chi connectivity index (χ3v) is 2.28. The van der Waals surface area contributed by atoms with E-state index in [2.05, 4.69) is 0 Å². The third-order valence-electron chi connectivity index (χ3n) is 1.41. The van der Waals surface area contributed by atoms with Gasteiger partial charge in [0.1, 0.15) is 0 Å². The monoisotopic (exact) mass is 151 g/mol. The summed E-state index contributed by atoms with van der Waals surface area (Å²) in [4.78, 5) is 10.7. The molecule has 0 atom stereocenters. The lowest BCUT2D eigenvalue weighted by Gasteiger charge is -1.97. The first-order chi connectivity index (χ1) is 4.72. The molecular formula is C7H9NOSi. The number of hydrogen-bond donors (Lipinski definition) is 1. The zero-order chi connectivity index (χ0) is 7.56. The van der Waals surface area contributed by atoms with Gasteiger partial charge in [0.25, 0.3) is 0 Å². The van der Waals surface area contributed by atoms with E-state index in [0.717, 1.165) is 15.4 Å². The highest BCUT2D eigenvalue weighted by Gasteiger charge is 2.00. The van der Waals surface area contributed by atoms with Gasteiger partial charge in [-0.1, -0.05) is 23.4 Å². The molecule has 0 aliphatic rings. The van der Waals surface area contributed by atoms with Crippen LogP contribution in [-0.2, 0) is 0 Å². The zero-order valence-corrected chi connectivity index (χ0v) is 7.79. The van der Waals surface area contributed by atoms with E-state index in [4.69, 9.17) is 5.73 Å². The van der Waals surface area contributed by atoms with E-state index in [1.807, 2.05) is 18.2 Å². The molecule has 0 fully saturated rings. The maximum atomic E-state index is 10.7. The minimum atomic E-state index is -0.328. The van der Waals surface area contributed by atoms with Crippen molar-refractivity contribution in [2.45, 2.75) is 0 Å². The molecule has 0 aromatic heterocycles. The molecule has 0 aliphatic heterocycles. The average Bonchev–Trinajstić information content (AvgIpc) is 1.88. The van der Waals surface area contributed by atoms with Crippen molar-refractivity contribution in [1.29, 1.82) is 0 Å². The zero-order valence-electron chi connectivity index (χ0n) is 5.79. The van der Waals surface area contributed by atoms with Gasteiger partial charge in [-0.3, -0.25) is 4.79 Å². The van der Waals surface area contributed by atoms with Gasteiger partial charge in [0.2, 0.25) is 5.91 Å². The number of nitrogens with two attached hydrogens (primary N) is 1. The summed E-state index contributed by atoms with van der Waals surface area (Å²) in [5, 5.41) is 1.06. The maximum absolute atomic E-state index is 10.7. The molecule has 10 heavy (non-hydrogen) atoms. The van der Waals surface area contributed by atoms with Crippen LogP contribution in [0.4, 0.5) is 0 Å².